The zero-order chi connectivity index (χ0) is 32.6. The molecule has 0 aliphatic rings. The molecule has 0 saturated heterocycles. The Morgan fingerprint density at radius 3 is 2.04 bits per heavy atom. The fourth-order valence-electron chi connectivity index (χ4n) is 4.71. The molecule has 0 aliphatic carbocycles. The van der Waals surface area contributed by atoms with Gasteiger partial charge in [-0.05, 0) is 80.8 Å². The van der Waals surface area contributed by atoms with Crippen LogP contribution in [0, 0.1) is 19.8 Å². The van der Waals surface area contributed by atoms with Crippen LogP contribution in [0.3, 0.4) is 0 Å². The van der Waals surface area contributed by atoms with Crippen molar-refractivity contribution in [2.75, 3.05) is 17.4 Å². The maximum atomic E-state index is 14.2. The van der Waals surface area contributed by atoms with E-state index in [1.165, 1.54) is 17.0 Å². The molecular formula is C36H41N3O5S. The molecule has 0 saturated carbocycles. The van der Waals surface area contributed by atoms with Crippen LogP contribution >= 0.6 is 0 Å². The molecule has 236 valence electrons. The van der Waals surface area contributed by atoms with Gasteiger partial charge in [0.1, 0.15) is 24.1 Å². The van der Waals surface area contributed by atoms with Crippen LogP contribution in [0.25, 0.3) is 0 Å². The molecule has 1 unspecified atom stereocenters. The van der Waals surface area contributed by atoms with E-state index in [0.717, 1.165) is 21.0 Å². The maximum Gasteiger partial charge on any atom is 0.264 e. The van der Waals surface area contributed by atoms with Crippen molar-refractivity contribution in [2.45, 2.75) is 52.1 Å². The van der Waals surface area contributed by atoms with E-state index in [2.05, 4.69) is 5.32 Å². The summed E-state index contributed by atoms with van der Waals surface area (Å²) in [5, 5.41) is 2.91. The molecule has 1 atom stereocenters. The fourth-order valence-corrected chi connectivity index (χ4v) is 6.13. The van der Waals surface area contributed by atoms with Gasteiger partial charge in [0.15, 0.2) is 0 Å². The molecule has 0 aliphatic heterocycles. The van der Waals surface area contributed by atoms with Crippen LogP contribution in [0.15, 0.2) is 108 Å². The van der Waals surface area contributed by atoms with Crippen LogP contribution in [0.5, 0.6) is 11.5 Å². The number of sulfonamides is 1. The minimum Gasteiger partial charge on any atom is -0.457 e. The number of ether oxygens (including phenoxy) is 1. The topological polar surface area (TPSA) is 96.0 Å². The summed E-state index contributed by atoms with van der Waals surface area (Å²) >= 11 is 0. The lowest BCUT2D eigenvalue weighted by molar-refractivity contribution is -0.139. The molecule has 4 aromatic rings. The average molecular weight is 628 g/mol. The molecule has 0 radical (unpaired) electrons. The van der Waals surface area contributed by atoms with Crippen LogP contribution in [0.1, 0.15) is 37.5 Å². The Bertz CT molecular complexity index is 1690. The third-order valence-electron chi connectivity index (χ3n) is 7.28. The Kier molecular flexibility index (Phi) is 11.0. The molecule has 45 heavy (non-hydrogen) atoms. The first-order valence-corrected chi connectivity index (χ1v) is 16.4. The summed E-state index contributed by atoms with van der Waals surface area (Å²) in [6.45, 7) is 9.56. The highest BCUT2D eigenvalue weighted by Crippen LogP contribution is 2.29. The van der Waals surface area contributed by atoms with Crippen LogP contribution in [-0.4, -0.2) is 44.3 Å². The number of carbonyl (C=O) groups is 2. The van der Waals surface area contributed by atoms with Crippen molar-refractivity contribution in [1.82, 2.24) is 10.2 Å². The molecule has 2 amide bonds. The van der Waals surface area contributed by atoms with Gasteiger partial charge in [0, 0.05) is 13.1 Å². The minimum absolute atomic E-state index is 0.0541. The third-order valence-corrected chi connectivity index (χ3v) is 9.07. The first-order chi connectivity index (χ1) is 21.4. The number of para-hydroxylation sites is 1. The van der Waals surface area contributed by atoms with Gasteiger partial charge in [-0.15, -0.1) is 0 Å². The summed E-state index contributed by atoms with van der Waals surface area (Å²) < 4.78 is 35.2. The monoisotopic (exact) mass is 627 g/mol. The van der Waals surface area contributed by atoms with Crippen molar-refractivity contribution in [3.8, 4) is 11.5 Å². The van der Waals surface area contributed by atoms with Crippen LogP contribution in [-0.2, 0) is 26.2 Å². The molecule has 0 spiro atoms. The van der Waals surface area contributed by atoms with E-state index < -0.39 is 28.5 Å². The largest absolute Gasteiger partial charge is 0.457 e. The van der Waals surface area contributed by atoms with Crippen molar-refractivity contribution in [1.29, 1.82) is 0 Å². The molecule has 0 fully saturated rings. The van der Waals surface area contributed by atoms with Crippen molar-refractivity contribution in [3.63, 3.8) is 0 Å². The van der Waals surface area contributed by atoms with E-state index in [0.29, 0.717) is 18.0 Å². The zero-order valence-electron chi connectivity index (χ0n) is 26.4. The molecule has 4 aromatic carbocycles. The minimum atomic E-state index is -4.17. The Hall–Kier alpha value is -4.63. The highest BCUT2D eigenvalue weighted by molar-refractivity contribution is 7.92. The Balaban J connectivity index is 1.69. The predicted octanol–water partition coefficient (Wildman–Crippen LogP) is 6.48. The second kappa shape index (κ2) is 14.9. The lowest BCUT2D eigenvalue weighted by atomic mass is 10.1. The van der Waals surface area contributed by atoms with Gasteiger partial charge in [-0.1, -0.05) is 79.6 Å². The maximum absolute atomic E-state index is 14.2. The summed E-state index contributed by atoms with van der Waals surface area (Å²) in [5.74, 6) is 0.566. The molecule has 9 heteroatoms. The number of carbonyl (C=O) groups excluding carboxylic acids is 2. The molecule has 1 N–H and O–H groups in total. The molecule has 0 aromatic heterocycles. The van der Waals surface area contributed by atoms with Crippen LogP contribution in [0.4, 0.5) is 5.69 Å². The second-order valence-corrected chi connectivity index (χ2v) is 13.4. The number of nitrogens with zero attached hydrogens (tertiary/aromatic N) is 2. The number of benzene rings is 4. The Morgan fingerprint density at radius 2 is 1.42 bits per heavy atom. The van der Waals surface area contributed by atoms with Crippen LogP contribution < -0.4 is 14.4 Å². The van der Waals surface area contributed by atoms with Gasteiger partial charge >= 0.3 is 0 Å². The zero-order valence-corrected chi connectivity index (χ0v) is 27.3. The first kappa shape index (κ1) is 33.3. The number of hydrogen-bond donors (Lipinski definition) is 1. The van der Waals surface area contributed by atoms with E-state index in [1.807, 2.05) is 82.3 Å². The first-order valence-electron chi connectivity index (χ1n) is 15.0. The van der Waals surface area contributed by atoms with Gasteiger partial charge < -0.3 is 15.0 Å². The normalized spacial score (nSPS) is 12.0. The van der Waals surface area contributed by atoms with Crippen molar-refractivity contribution >= 4 is 27.5 Å². The van der Waals surface area contributed by atoms with E-state index in [4.69, 9.17) is 4.74 Å². The lowest BCUT2D eigenvalue weighted by Gasteiger charge is -2.32. The summed E-state index contributed by atoms with van der Waals surface area (Å²) in [6, 6.07) is 29.1. The summed E-state index contributed by atoms with van der Waals surface area (Å²) in [4.78, 5) is 28.8. The number of anilines is 1. The van der Waals surface area contributed by atoms with Gasteiger partial charge in [0.25, 0.3) is 10.0 Å². The van der Waals surface area contributed by atoms with Crippen molar-refractivity contribution in [3.05, 3.63) is 120 Å². The van der Waals surface area contributed by atoms with Gasteiger partial charge in [0.2, 0.25) is 11.8 Å². The van der Waals surface area contributed by atoms with Gasteiger partial charge in [-0.2, -0.15) is 0 Å². The molecule has 0 bridgehead atoms. The van der Waals surface area contributed by atoms with Gasteiger partial charge in [-0.3, -0.25) is 13.9 Å². The Morgan fingerprint density at radius 1 is 0.778 bits per heavy atom. The van der Waals surface area contributed by atoms with E-state index in [-0.39, 0.29) is 29.0 Å². The van der Waals surface area contributed by atoms with E-state index in [9.17, 15) is 18.0 Å². The molecular weight excluding hydrogens is 586 g/mol. The van der Waals surface area contributed by atoms with Crippen molar-refractivity contribution < 1.29 is 22.7 Å². The Labute approximate surface area is 266 Å². The number of nitrogens with one attached hydrogen (secondary N) is 1. The SMILES string of the molecule is Cc1ccc(S(=O)(=O)N(CC(=O)N(Cc2cccc(C)c2)C(C)C(=O)NCC(C)C)c2ccc(Oc3ccccc3)cc2)cc1. The quantitative estimate of drug-likeness (QED) is 0.183. The average Bonchev–Trinajstić information content (AvgIpc) is 3.02. The lowest BCUT2D eigenvalue weighted by Crippen LogP contribution is -2.51. The second-order valence-electron chi connectivity index (χ2n) is 11.6. The van der Waals surface area contributed by atoms with Gasteiger partial charge in [-0.25, -0.2) is 8.42 Å². The standard InChI is InChI=1S/C36H41N3O5S/c1-26(2)23-37-36(41)29(5)38(24-30-11-9-10-28(4)22-30)35(40)25-39(45(42,43)34-20-14-27(3)15-21-34)31-16-18-33(19-17-31)44-32-12-7-6-8-13-32/h6-22,26,29H,23-25H2,1-5H3,(H,37,41). The number of amides is 2. The molecule has 4 rings (SSSR count). The smallest absolute Gasteiger partial charge is 0.264 e. The van der Waals surface area contributed by atoms with Crippen LogP contribution in [0.2, 0.25) is 0 Å². The highest BCUT2D eigenvalue weighted by atomic mass is 32.2. The predicted molar refractivity (Wildman–Crippen MR) is 178 cm³/mol. The van der Waals surface area contributed by atoms with Crippen molar-refractivity contribution in [2.24, 2.45) is 5.92 Å². The highest BCUT2D eigenvalue weighted by Gasteiger charge is 2.32. The van der Waals surface area contributed by atoms with E-state index in [1.54, 1.807) is 43.3 Å². The number of rotatable bonds is 13. The summed E-state index contributed by atoms with van der Waals surface area (Å²) in [5.41, 5.74) is 3.04. The van der Waals surface area contributed by atoms with Gasteiger partial charge in [0.05, 0.1) is 10.6 Å². The summed E-state index contributed by atoms with van der Waals surface area (Å²) in [6.07, 6.45) is 0. The van der Waals surface area contributed by atoms with E-state index >= 15 is 0 Å². The molecule has 8 nitrogen and oxygen atoms in total. The third kappa shape index (κ3) is 8.95. The molecule has 0 heterocycles. The number of aryl methyl sites for hydroxylation is 2. The fraction of sp³-hybridized carbons (Fsp3) is 0.278. The number of hydrogen-bond acceptors (Lipinski definition) is 5. The summed E-state index contributed by atoms with van der Waals surface area (Å²) in [7, 11) is -4.17.